The smallest absolute Gasteiger partial charge is 0.337 e. The van der Waals surface area contributed by atoms with Gasteiger partial charge in [-0.15, -0.1) is 0 Å². The van der Waals surface area contributed by atoms with Crippen LogP contribution in [0.4, 0.5) is 11.4 Å². The van der Waals surface area contributed by atoms with E-state index in [2.05, 4.69) is 10.1 Å². The largest absolute Gasteiger partial charge is 0.465 e. The van der Waals surface area contributed by atoms with Crippen molar-refractivity contribution >= 4 is 17.3 Å². The molecule has 3 N–H and O–H groups in total. The first-order valence-corrected chi connectivity index (χ1v) is 6.03. The van der Waals surface area contributed by atoms with Crippen LogP contribution in [0.3, 0.4) is 0 Å². The lowest BCUT2D eigenvalue weighted by Crippen LogP contribution is -2.30. The van der Waals surface area contributed by atoms with Crippen LogP contribution in [0, 0.1) is 0 Å². The fourth-order valence-corrected chi connectivity index (χ4v) is 2.01. The second-order valence-electron chi connectivity index (χ2n) is 4.35. The second-order valence-corrected chi connectivity index (χ2v) is 4.35. The van der Waals surface area contributed by atoms with Gasteiger partial charge in [0.1, 0.15) is 0 Å². The number of nitrogen functional groups attached to an aromatic ring is 1. The number of rotatable bonds is 3. The number of nitrogens with one attached hydrogen (secondary N) is 1. The Morgan fingerprint density at radius 3 is 3.00 bits per heavy atom. The molecule has 1 aromatic rings. The van der Waals surface area contributed by atoms with Gasteiger partial charge in [0.05, 0.1) is 30.7 Å². The molecule has 0 amide bonds. The number of benzene rings is 1. The van der Waals surface area contributed by atoms with Gasteiger partial charge >= 0.3 is 5.97 Å². The summed E-state index contributed by atoms with van der Waals surface area (Å²) >= 11 is 0. The third-order valence-electron chi connectivity index (χ3n) is 2.99. The first-order chi connectivity index (χ1) is 8.70. The van der Waals surface area contributed by atoms with Gasteiger partial charge in [0.15, 0.2) is 0 Å². The standard InChI is InChI=1S/C13H18N2O3/c1-17-13(16)9-4-5-12(11(14)7-9)15-10-3-2-6-18-8-10/h4-5,7,10,15H,2-3,6,8,14H2,1H3. The van der Waals surface area contributed by atoms with E-state index in [4.69, 9.17) is 10.5 Å². The molecule has 1 atom stereocenters. The predicted octanol–water partition coefficient (Wildman–Crippen LogP) is 1.65. The Bertz CT molecular complexity index is 428. The Hall–Kier alpha value is -1.75. The molecular weight excluding hydrogens is 232 g/mol. The van der Waals surface area contributed by atoms with Gasteiger partial charge in [0.2, 0.25) is 0 Å². The highest BCUT2D eigenvalue weighted by Crippen LogP contribution is 2.23. The lowest BCUT2D eigenvalue weighted by Gasteiger charge is -2.24. The molecule has 1 fully saturated rings. The number of carbonyl (C=O) groups excluding carboxylic acids is 1. The van der Waals surface area contributed by atoms with Gasteiger partial charge in [0.25, 0.3) is 0 Å². The molecule has 0 radical (unpaired) electrons. The maximum atomic E-state index is 11.3. The van der Waals surface area contributed by atoms with Gasteiger partial charge in [-0.05, 0) is 31.0 Å². The normalized spacial score (nSPS) is 19.3. The molecule has 1 unspecified atom stereocenters. The summed E-state index contributed by atoms with van der Waals surface area (Å²) in [7, 11) is 1.35. The van der Waals surface area contributed by atoms with Crippen LogP contribution in [0.1, 0.15) is 23.2 Å². The zero-order valence-corrected chi connectivity index (χ0v) is 10.4. The Morgan fingerprint density at radius 1 is 1.56 bits per heavy atom. The number of ether oxygens (including phenoxy) is 2. The lowest BCUT2D eigenvalue weighted by molar-refractivity contribution is 0.0601. The number of esters is 1. The van der Waals surface area contributed by atoms with Crippen LogP contribution in [0.2, 0.25) is 0 Å². The highest BCUT2D eigenvalue weighted by Gasteiger charge is 2.15. The van der Waals surface area contributed by atoms with E-state index in [1.165, 1.54) is 7.11 Å². The van der Waals surface area contributed by atoms with Gasteiger partial charge in [0, 0.05) is 12.6 Å². The van der Waals surface area contributed by atoms with E-state index in [-0.39, 0.29) is 12.0 Å². The quantitative estimate of drug-likeness (QED) is 0.630. The molecule has 2 rings (SSSR count). The summed E-state index contributed by atoms with van der Waals surface area (Å²) in [5, 5.41) is 3.33. The van der Waals surface area contributed by atoms with Crippen molar-refractivity contribution in [1.82, 2.24) is 0 Å². The fourth-order valence-electron chi connectivity index (χ4n) is 2.01. The molecule has 1 saturated heterocycles. The van der Waals surface area contributed by atoms with Crippen molar-refractivity contribution in [2.24, 2.45) is 0 Å². The van der Waals surface area contributed by atoms with E-state index in [1.807, 2.05) is 0 Å². The minimum atomic E-state index is -0.380. The molecule has 0 aliphatic carbocycles. The van der Waals surface area contributed by atoms with Crippen molar-refractivity contribution in [3.05, 3.63) is 23.8 Å². The monoisotopic (exact) mass is 250 g/mol. The molecule has 0 saturated carbocycles. The molecular formula is C13H18N2O3. The Balaban J connectivity index is 2.07. The van der Waals surface area contributed by atoms with Crippen molar-refractivity contribution in [2.45, 2.75) is 18.9 Å². The summed E-state index contributed by atoms with van der Waals surface area (Å²) < 4.78 is 10.0. The molecule has 5 heteroatoms. The summed E-state index contributed by atoms with van der Waals surface area (Å²) in [4.78, 5) is 11.3. The predicted molar refractivity (Wildman–Crippen MR) is 69.7 cm³/mol. The highest BCUT2D eigenvalue weighted by molar-refractivity contribution is 5.91. The first kappa shape index (κ1) is 12.7. The van der Waals surface area contributed by atoms with Crippen LogP contribution in [-0.4, -0.2) is 32.3 Å². The van der Waals surface area contributed by atoms with Crippen LogP contribution >= 0.6 is 0 Å². The number of anilines is 2. The third kappa shape index (κ3) is 2.92. The number of nitrogens with two attached hydrogens (primary N) is 1. The van der Waals surface area contributed by atoms with Crippen LogP contribution in [0.25, 0.3) is 0 Å². The zero-order chi connectivity index (χ0) is 13.0. The maximum absolute atomic E-state index is 11.3. The second kappa shape index (κ2) is 5.73. The number of hydrogen-bond donors (Lipinski definition) is 2. The number of hydrogen-bond acceptors (Lipinski definition) is 5. The van der Waals surface area contributed by atoms with E-state index in [1.54, 1.807) is 18.2 Å². The van der Waals surface area contributed by atoms with Gasteiger partial charge in [-0.25, -0.2) is 4.79 Å². The average Bonchev–Trinajstić information content (AvgIpc) is 2.41. The van der Waals surface area contributed by atoms with E-state index < -0.39 is 0 Å². The summed E-state index contributed by atoms with van der Waals surface area (Å²) in [6.07, 6.45) is 2.12. The van der Waals surface area contributed by atoms with Gasteiger partial charge in [-0.3, -0.25) is 0 Å². The molecule has 1 aliphatic heterocycles. The van der Waals surface area contributed by atoms with Gasteiger partial charge in [-0.2, -0.15) is 0 Å². The van der Waals surface area contributed by atoms with E-state index in [9.17, 15) is 4.79 Å². The van der Waals surface area contributed by atoms with Crippen molar-refractivity contribution in [1.29, 1.82) is 0 Å². The van der Waals surface area contributed by atoms with E-state index in [0.717, 1.165) is 25.1 Å². The summed E-state index contributed by atoms with van der Waals surface area (Å²) in [6, 6.07) is 5.41. The van der Waals surface area contributed by atoms with Crippen LogP contribution in [0.15, 0.2) is 18.2 Å². The minimum Gasteiger partial charge on any atom is -0.465 e. The molecule has 18 heavy (non-hydrogen) atoms. The van der Waals surface area contributed by atoms with Gasteiger partial charge in [-0.1, -0.05) is 0 Å². The first-order valence-electron chi connectivity index (χ1n) is 6.03. The average molecular weight is 250 g/mol. The number of carbonyl (C=O) groups is 1. The summed E-state index contributed by atoms with van der Waals surface area (Å²) in [5.41, 5.74) is 7.76. The van der Waals surface area contributed by atoms with Crippen molar-refractivity contribution in [3.8, 4) is 0 Å². The number of methoxy groups -OCH3 is 1. The molecule has 98 valence electrons. The Labute approximate surface area is 106 Å². The Morgan fingerprint density at radius 2 is 2.39 bits per heavy atom. The molecule has 1 aromatic carbocycles. The van der Waals surface area contributed by atoms with Crippen molar-refractivity contribution in [2.75, 3.05) is 31.4 Å². The zero-order valence-electron chi connectivity index (χ0n) is 10.4. The van der Waals surface area contributed by atoms with Crippen molar-refractivity contribution < 1.29 is 14.3 Å². The summed E-state index contributed by atoms with van der Waals surface area (Å²) in [6.45, 7) is 1.52. The van der Waals surface area contributed by atoms with Crippen molar-refractivity contribution in [3.63, 3.8) is 0 Å². The lowest BCUT2D eigenvalue weighted by atomic mass is 10.1. The Kier molecular flexibility index (Phi) is 4.04. The molecule has 0 spiro atoms. The maximum Gasteiger partial charge on any atom is 0.337 e. The fraction of sp³-hybridized carbons (Fsp3) is 0.462. The molecule has 0 aromatic heterocycles. The van der Waals surface area contributed by atoms with Crippen LogP contribution in [0.5, 0.6) is 0 Å². The topological polar surface area (TPSA) is 73.6 Å². The molecule has 1 aliphatic rings. The molecule has 5 nitrogen and oxygen atoms in total. The van der Waals surface area contributed by atoms with Crippen LogP contribution in [-0.2, 0) is 9.47 Å². The SMILES string of the molecule is COC(=O)c1ccc(NC2CCCOC2)c(N)c1. The minimum absolute atomic E-state index is 0.282. The summed E-state index contributed by atoms with van der Waals surface area (Å²) in [5.74, 6) is -0.380. The van der Waals surface area contributed by atoms with Crippen LogP contribution < -0.4 is 11.1 Å². The van der Waals surface area contributed by atoms with E-state index >= 15 is 0 Å². The van der Waals surface area contributed by atoms with Gasteiger partial charge < -0.3 is 20.5 Å². The molecule has 0 bridgehead atoms. The highest BCUT2D eigenvalue weighted by atomic mass is 16.5. The molecule has 1 heterocycles. The van der Waals surface area contributed by atoms with E-state index in [0.29, 0.717) is 17.9 Å². The third-order valence-corrected chi connectivity index (χ3v) is 2.99.